The third-order valence-corrected chi connectivity index (χ3v) is 5.06. The molecule has 5 nitrogen and oxygen atoms in total. The van der Waals surface area contributed by atoms with Gasteiger partial charge in [0.2, 0.25) is 0 Å². The number of piperidine rings is 1. The lowest BCUT2D eigenvalue weighted by atomic mass is 9.95. The van der Waals surface area contributed by atoms with Crippen LogP contribution >= 0.6 is 11.6 Å². The van der Waals surface area contributed by atoms with E-state index in [2.05, 4.69) is 27.2 Å². The Hall–Kier alpha value is -1.85. The molecule has 1 saturated heterocycles. The van der Waals surface area contributed by atoms with Gasteiger partial charge in [-0.3, -0.25) is 14.7 Å². The van der Waals surface area contributed by atoms with E-state index in [1.54, 1.807) is 0 Å². The summed E-state index contributed by atoms with van der Waals surface area (Å²) in [5, 5.41) is 13.8. The van der Waals surface area contributed by atoms with Gasteiger partial charge in [0.05, 0.1) is 16.2 Å². The minimum Gasteiger partial charge on any atom is -0.297 e. The van der Waals surface area contributed by atoms with Gasteiger partial charge in [-0.2, -0.15) is 10.2 Å². The van der Waals surface area contributed by atoms with Crippen LogP contribution in [0.3, 0.4) is 0 Å². The quantitative estimate of drug-likeness (QED) is 0.802. The number of benzene rings is 1. The molecule has 0 saturated carbocycles. The first kappa shape index (κ1) is 14.7. The molecule has 0 aliphatic carbocycles. The Labute approximate surface area is 140 Å². The van der Waals surface area contributed by atoms with Crippen LogP contribution in [0.4, 0.5) is 0 Å². The number of aromatic amines is 1. The molecule has 3 heterocycles. The van der Waals surface area contributed by atoms with E-state index in [-0.39, 0.29) is 0 Å². The second-order valence-corrected chi connectivity index (χ2v) is 6.70. The van der Waals surface area contributed by atoms with Gasteiger partial charge in [0.15, 0.2) is 0 Å². The van der Waals surface area contributed by atoms with Crippen molar-refractivity contribution in [1.29, 1.82) is 0 Å². The molecule has 1 fully saturated rings. The van der Waals surface area contributed by atoms with Crippen molar-refractivity contribution in [3.05, 3.63) is 46.9 Å². The van der Waals surface area contributed by atoms with Crippen molar-refractivity contribution in [2.24, 2.45) is 7.05 Å². The highest BCUT2D eigenvalue weighted by molar-refractivity contribution is 6.35. The fraction of sp³-hybridized carbons (Fsp3) is 0.412. The van der Waals surface area contributed by atoms with Gasteiger partial charge in [-0.15, -0.1) is 0 Å². The summed E-state index contributed by atoms with van der Waals surface area (Å²) in [7, 11) is 1.98. The van der Waals surface area contributed by atoms with Crippen molar-refractivity contribution in [3.8, 4) is 0 Å². The van der Waals surface area contributed by atoms with Crippen LogP contribution in [-0.4, -0.2) is 38.0 Å². The molecule has 120 valence electrons. The Balaban J connectivity index is 1.58. The van der Waals surface area contributed by atoms with Gasteiger partial charge >= 0.3 is 0 Å². The molecule has 23 heavy (non-hydrogen) atoms. The Morgan fingerprint density at radius 2 is 2.26 bits per heavy atom. The third-order valence-electron chi connectivity index (χ3n) is 4.74. The molecular weight excluding hydrogens is 310 g/mol. The summed E-state index contributed by atoms with van der Waals surface area (Å²) < 4.78 is 1.92. The second kappa shape index (κ2) is 5.98. The largest absolute Gasteiger partial charge is 0.297 e. The second-order valence-electron chi connectivity index (χ2n) is 6.29. The Kier molecular flexibility index (Phi) is 3.83. The summed E-state index contributed by atoms with van der Waals surface area (Å²) in [6.45, 7) is 2.98. The number of fused-ring (bicyclic) bond motifs is 1. The van der Waals surface area contributed by atoms with Crippen LogP contribution in [0.1, 0.15) is 30.1 Å². The highest BCUT2D eigenvalue weighted by Crippen LogP contribution is 2.30. The standard InChI is InChI=1S/C17H20ClN5/c1-22-16-6-2-5-13(18)17(16)15(21-22)11-23-9-3-4-12(10-23)14-7-8-19-20-14/h2,5-8,12H,3-4,9-11H2,1H3,(H,19,20)/t12-/m1/s1. The number of halogens is 1. The maximum absolute atomic E-state index is 6.42. The van der Waals surface area contributed by atoms with Crippen LogP contribution in [0.25, 0.3) is 10.9 Å². The van der Waals surface area contributed by atoms with Crippen molar-refractivity contribution in [1.82, 2.24) is 24.9 Å². The van der Waals surface area contributed by atoms with Crippen LogP contribution in [0.5, 0.6) is 0 Å². The molecule has 1 aliphatic heterocycles. The third kappa shape index (κ3) is 2.75. The lowest BCUT2D eigenvalue weighted by Gasteiger charge is -2.31. The van der Waals surface area contributed by atoms with Crippen LogP contribution in [0.2, 0.25) is 5.02 Å². The summed E-state index contributed by atoms with van der Waals surface area (Å²) in [4.78, 5) is 2.47. The summed E-state index contributed by atoms with van der Waals surface area (Å²) in [5.74, 6) is 0.525. The van der Waals surface area contributed by atoms with E-state index in [1.165, 1.54) is 18.5 Å². The van der Waals surface area contributed by atoms with Gasteiger partial charge in [-0.1, -0.05) is 17.7 Å². The molecule has 6 heteroatoms. The molecule has 1 N–H and O–H groups in total. The van der Waals surface area contributed by atoms with Gasteiger partial charge in [0, 0.05) is 43.3 Å². The average molecular weight is 330 g/mol. The van der Waals surface area contributed by atoms with Crippen LogP contribution < -0.4 is 0 Å². The van der Waals surface area contributed by atoms with Crippen LogP contribution in [0.15, 0.2) is 30.5 Å². The molecule has 0 radical (unpaired) electrons. The Morgan fingerprint density at radius 3 is 3.09 bits per heavy atom. The Bertz CT molecular complexity index is 808. The molecule has 4 rings (SSSR count). The van der Waals surface area contributed by atoms with Crippen molar-refractivity contribution < 1.29 is 0 Å². The van der Waals surface area contributed by atoms with E-state index in [0.717, 1.165) is 41.3 Å². The molecule has 2 aromatic heterocycles. The first-order chi connectivity index (χ1) is 11.2. The van der Waals surface area contributed by atoms with Gasteiger partial charge < -0.3 is 0 Å². The van der Waals surface area contributed by atoms with Crippen LogP contribution in [-0.2, 0) is 13.6 Å². The summed E-state index contributed by atoms with van der Waals surface area (Å²) >= 11 is 6.42. The first-order valence-electron chi connectivity index (χ1n) is 8.04. The summed E-state index contributed by atoms with van der Waals surface area (Å²) in [6.07, 6.45) is 4.24. The highest BCUT2D eigenvalue weighted by Gasteiger charge is 2.24. The SMILES string of the molecule is Cn1nc(CN2CCC[C@@H](c3ccn[nH]3)C2)c2c(Cl)cccc21. The van der Waals surface area contributed by atoms with E-state index in [1.807, 2.05) is 30.1 Å². The van der Waals surface area contributed by atoms with E-state index >= 15 is 0 Å². The van der Waals surface area contributed by atoms with E-state index < -0.39 is 0 Å². The van der Waals surface area contributed by atoms with Gasteiger partial charge in [-0.25, -0.2) is 0 Å². The monoisotopic (exact) mass is 329 g/mol. The van der Waals surface area contributed by atoms with Gasteiger partial charge in [0.25, 0.3) is 0 Å². The minimum absolute atomic E-state index is 0.525. The molecule has 0 bridgehead atoms. The normalized spacial score (nSPS) is 19.5. The fourth-order valence-electron chi connectivity index (χ4n) is 3.62. The predicted octanol–water partition coefficient (Wildman–Crippen LogP) is 3.33. The molecular formula is C17H20ClN5. The molecule has 0 amide bonds. The zero-order valence-corrected chi connectivity index (χ0v) is 13.9. The number of likely N-dealkylation sites (tertiary alicyclic amines) is 1. The van der Waals surface area contributed by atoms with E-state index in [0.29, 0.717) is 5.92 Å². The van der Waals surface area contributed by atoms with Crippen LogP contribution in [0, 0.1) is 0 Å². The number of aromatic nitrogens is 4. The zero-order valence-electron chi connectivity index (χ0n) is 13.2. The molecule has 3 aromatic rings. The number of nitrogens with one attached hydrogen (secondary N) is 1. The molecule has 0 spiro atoms. The smallest absolute Gasteiger partial charge is 0.0858 e. The maximum Gasteiger partial charge on any atom is 0.0858 e. The van der Waals surface area contributed by atoms with Crippen molar-refractivity contribution >= 4 is 22.5 Å². The number of rotatable bonds is 3. The summed E-state index contributed by atoms with van der Waals surface area (Å²) in [6, 6.07) is 8.08. The fourth-order valence-corrected chi connectivity index (χ4v) is 3.90. The summed E-state index contributed by atoms with van der Waals surface area (Å²) in [5.41, 5.74) is 3.39. The Morgan fingerprint density at radius 1 is 1.35 bits per heavy atom. The lowest BCUT2D eigenvalue weighted by Crippen LogP contribution is -2.34. The lowest BCUT2D eigenvalue weighted by molar-refractivity contribution is 0.196. The first-order valence-corrected chi connectivity index (χ1v) is 8.42. The minimum atomic E-state index is 0.525. The maximum atomic E-state index is 6.42. The van der Waals surface area contributed by atoms with E-state index in [4.69, 9.17) is 16.7 Å². The van der Waals surface area contributed by atoms with Crippen molar-refractivity contribution in [2.75, 3.05) is 13.1 Å². The van der Waals surface area contributed by atoms with Gasteiger partial charge in [0.1, 0.15) is 0 Å². The number of aryl methyl sites for hydroxylation is 1. The molecule has 1 aromatic carbocycles. The van der Waals surface area contributed by atoms with Crippen molar-refractivity contribution in [2.45, 2.75) is 25.3 Å². The predicted molar refractivity (Wildman–Crippen MR) is 91.6 cm³/mol. The average Bonchev–Trinajstić information content (AvgIpc) is 3.18. The van der Waals surface area contributed by atoms with E-state index in [9.17, 15) is 0 Å². The van der Waals surface area contributed by atoms with Gasteiger partial charge in [-0.05, 0) is 37.6 Å². The number of hydrogen-bond donors (Lipinski definition) is 1. The molecule has 0 unspecified atom stereocenters. The highest BCUT2D eigenvalue weighted by atomic mass is 35.5. The molecule has 1 atom stereocenters. The number of H-pyrrole nitrogens is 1. The molecule has 1 aliphatic rings. The topological polar surface area (TPSA) is 49.7 Å². The van der Waals surface area contributed by atoms with Crippen molar-refractivity contribution in [3.63, 3.8) is 0 Å². The number of nitrogens with zero attached hydrogens (tertiary/aromatic N) is 4. The number of hydrogen-bond acceptors (Lipinski definition) is 3. The zero-order chi connectivity index (χ0) is 15.8.